The summed E-state index contributed by atoms with van der Waals surface area (Å²) >= 11 is 12.2. The van der Waals surface area contributed by atoms with Crippen molar-refractivity contribution in [1.29, 1.82) is 0 Å². The number of phenolic OH excluding ortho intramolecular Hbond substituents is 1. The van der Waals surface area contributed by atoms with Crippen LogP contribution in [-0.2, 0) is 0 Å². The number of pyridine rings is 1. The van der Waals surface area contributed by atoms with Crippen LogP contribution in [0.1, 0.15) is 11.3 Å². The van der Waals surface area contributed by atoms with E-state index in [1.807, 2.05) is 42.5 Å². The van der Waals surface area contributed by atoms with E-state index in [0.717, 1.165) is 5.56 Å². The van der Waals surface area contributed by atoms with E-state index < -0.39 is 0 Å². The van der Waals surface area contributed by atoms with E-state index in [1.165, 1.54) is 16.8 Å². The number of benzene rings is 3. The van der Waals surface area contributed by atoms with E-state index in [4.69, 9.17) is 23.2 Å². The number of rotatable bonds is 2. The summed E-state index contributed by atoms with van der Waals surface area (Å²) < 4.78 is 0. The highest BCUT2D eigenvalue weighted by atomic mass is 35.5. The van der Waals surface area contributed by atoms with Gasteiger partial charge < -0.3 is 5.11 Å². The second-order valence-electron chi connectivity index (χ2n) is 5.72. The van der Waals surface area contributed by atoms with E-state index in [-0.39, 0.29) is 10.8 Å². The number of phenols is 1. The molecular formula is C21H13Cl2NO. The van der Waals surface area contributed by atoms with Crippen molar-refractivity contribution in [2.24, 2.45) is 0 Å². The van der Waals surface area contributed by atoms with Gasteiger partial charge in [-0.25, -0.2) is 4.98 Å². The van der Waals surface area contributed by atoms with E-state index >= 15 is 0 Å². The summed E-state index contributed by atoms with van der Waals surface area (Å²) in [6, 6.07) is 19.6. The lowest BCUT2D eigenvalue weighted by Gasteiger charge is -2.06. The average molecular weight is 366 g/mol. The van der Waals surface area contributed by atoms with Gasteiger partial charge in [-0.15, -0.1) is 0 Å². The summed E-state index contributed by atoms with van der Waals surface area (Å²) in [5.41, 5.74) is 2.22. The number of hydrogen-bond acceptors (Lipinski definition) is 2. The van der Waals surface area contributed by atoms with Crippen LogP contribution < -0.4 is 0 Å². The molecule has 0 atom stereocenters. The van der Waals surface area contributed by atoms with Gasteiger partial charge in [-0.1, -0.05) is 71.7 Å². The third-order valence-corrected chi connectivity index (χ3v) is 4.74. The number of fused-ring (bicyclic) bond motifs is 2. The van der Waals surface area contributed by atoms with Crippen molar-refractivity contribution >= 4 is 57.0 Å². The molecule has 25 heavy (non-hydrogen) atoms. The maximum atomic E-state index is 10.2. The number of aromatic hydroxyl groups is 1. The van der Waals surface area contributed by atoms with E-state index in [1.54, 1.807) is 0 Å². The Labute approximate surface area is 155 Å². The fourth-order valence-electron chi connectivity index (χ4n) is 2.88. The van der Waals surface area contributed by atoms with Crippen molar-refractivity contribution in [2.75, 3.05) is 0 Å². The highest BCUT2D eigenvalue weighted by molar-refractivity contribution is 6.39. The summed E-state index contributed by atoms with van der Waals surface area (Å²) in [6.07, 6.45) is 3.93. The van der Waals surface area contributed by atoms with Gasteiger partial charge >= 0.3 is 0 Å². The Morgan fingerprint density at radius 2 is 1.60 bits per heavy atom. The zero-order chi connectivity index (χ0) is 17.4. The van der Waals surface area contributed by atoms with Gasteiger partial charge in [0, 0.05) is 5.39 Å². The van der Waals surface area contributed by atoms with Gasteiger partial charge in [0.2, 0.25) is 0 Å². The first-order valence-corrected chi connectivity index (χ1v) is 8.52. The highest BCUT2D eigenvalue weighted by Gasteiger charge is 2.10. The van der Waals surface area contributed by atoms with Gasteiger partial charge in [-0.2, -0.15) is 0 Å². The molecule has 1 heterocycles. The summed E-state index contributed by atoms with van der Waals surface area (Å²) in [5.74, 6) is -0.0542. The molecule has 4 heteroatoms. The molecule has 3 aromatic carbocycles. The molecule has 0 spiro atoms. The maximum absolute atomic E-state index is 10.2. The third kappa shape index (κ3) is 2.95. The maximum Gasteiger partial charge on any atom is 0.160 e. The van der Waals surface area contributed by atoms with Crippen LogP contribution in [0.15, 0.2) is 60.7 Å². The van der Waals surface area contributed by atoms with E-state index in [9.17, 15) is 5.11 Å². The molecule has 0 aliphatic rings. The third-order valence-electron chi connectivity index (χ3n) is 4.14. The Morgan fingerprint density at radius 1 is 0.800 bits per heavy atom. The van der Waals surface area contributed by atoms with Crippen LogP contribution in [-0.4, -0.2) is 10.1 Å². The van der Waals surface area contributed by atoms with Gasteiger partial charge in [0.1, 0.15) is 5.52 Å². The smallest absolute Gasteiger partial charge is 0.160 e. The molecule has 2 nitrogen and oxygen atoms in total. The molecular weight excluding hydrogens is 353 g/mol. The van der Waals surface area contributed by atoms with Crippen molar-refractivity contribution < 1.29 is 5.11 Å². The number of halogens is 2. The minimum absolute atomic E-state index is 0.0542. The fourth-order valence-corrected chi connectivity index (χ4v) is 3.40. The Hall–Kier alpha value is -2.55. The van der Waals surface area contributed by atoms with Crippen LogP contribution in [0.2, 0.25) is 10.0 Å². The molecule has 0 unspecified atom stereocenters. The van der Waals surface area contributed by atoms with Crippen LogP contribution in [0.4, 0.5) is 0 Å². The molecule has 1 aromatic heterocycles. The normalized spacial score (nSPS) is 11.6. The zero-order valence-corrected chi connectivity index (χ0v) is 14.6. The van der Waals surface area contributed by atoms with Crippen molar-refractivity contribution in [3.05, 3.63) is 82.0 Å². The van der Waals surface area contributed by atoms with Gasteiger partial charge in [0.05, 0.1) is 15.7 Å². The van der Waals surface area contributed by atoms with Crippen molar-refractivity contribution in [3.8, 4) is 5.75 Å². The molecule has 0 aliphatic carbocycles. The molecule has 4 rings (SSSR count). The first kappa shape index (κ1) is 15.9. The van der Waals surface area contributed by atoms with Crippen molar-refractivity contribution in [3.63, 3.8) is 0 Å². The van der Waals surface area contributed by atoms with Gasteiger partial charge in [-0.3, -0.25) is 0 Å². The molecule has 122 valence electrons. The summed E-state index contributed by atoms with van der Waals surface area (Å²) in [7, 11) is 0. The van der Waals surface area contributed by atoms with Crippen molar-refractivity contribution in [2.45, 2.75) is 0 Å². The minimum Gasteiger partial charge on any atom is -0.504 e. The predicted molar refractivity (Wildman–Crippen MR) is 106 cm³/mol. The van der Waals surface area contributed by atoms with Crippen molar-refractivity contribution in [1.82, 2.24) is 4.98 Å². The molecule has 0 amide bonds. The fraction of sp³-hybridized carbons (Fsp3) is 0. The van der Waals surface area contributed by atoms with Crippen LogP contribution in [0.25, 0.3) is 33.8 Å². The largest absolute Gasteiger partial charge is 0.504 e. The molecule has 0 radical (unpaired) electrons. The lowest BCUT2D eigenvalue weighted by atomic mass is 10.0. The standard InChI is InChI=1S/C21H13Cl2NO/c22-18-12-19(23)21(25)20-17(18)11-10-15(24-20)9-8-14-6-3-5-13-4-1-2-7-16(13)14/h1-12,25H. The van der Waals surface area contributed by atoms with E-state index in [2.05, 4.69) is 29.2 Å². The lowest BCUT2D eigenvalue weighted by Crippen LogP contribution is -1.86. The Balaban J connectivity index is 1.80. The van der Waals surface area contributed by atoms with Gasteiger partial charge in [0.15, 0.2) is 5.75 Å². The zero-order valence-electron chi connectivity index (χ0n) is 13.1. The quantitative estimate of drug-likeness (QED) is 0.435. The predicted octanol–water partition coefficient (Wildman–Crippen LogP) is 6.57. The summed E-state index contributed by atoms with van der Waals surface area (Å²) in [6.45, 7) is 0. The van der Waals surface area contributed by atoms with E-state index in [0.29, 0.717) is 21.6 Å². The molecule has 0 saturated heterocycles. The van der Waals surface area contributed by atoms with Gasteiger partial charge in [-0.05, 0) is 40.6 Å². The Kier molecular flexibility index (Phi) is 4.08. The van der Waals surface area contributed by atoms with Gasteiger partial charge in [0.25, 0.3) is 0 Å². The summed E-state index contributed by atoms with van der Waals surface area (Å²) in [4.78, 5) is 4.49. The average Bonchev–Trinajstić information content (AvgIpc) is 2.64. The molecule has 0 aliphatic heterocycles. The molecule has 0 fully saturated rings. The number of aromatic nitrogens is 1. The topological polar surface area (TPSA) is 33.1 Å². The minimum atomic E-state index is -0.0542. The molecule has 1 N–H and O–H groups in total. The first-order chi connectivity index (χ1) is 12.1. The molecule has 4 aromatic rings. The number of nitrogens with zero attached hydrogens (tertiary/aromatic N) is 1. The monoisotopic (exact) mass is 365 g/mol. The molecule has 0 bridgehead atoms. The Bertz CT molecular complexity index is 1130. The molecule has 0 saturated carbocycles. The van der Waals surface area contributed by atoms with Crippen LogP contribution in [0.3, 0.4) is 0 Å². The van der Waals surface area contributed by atoms with Crippen LogP contribution >= 0.6 is 23.2 Å². The SMILES string of the molecule is Oc1c(Cl)cc(Cl)c2ccc(C=Cc3cccc4ccccc34)nc12. The lowest BCUT2D eigenvalue weighted by molar-refractivity contribution is 0.480. The summed E-state index contributed by atoms with van der Waals surface area (Å²) in [5, 5.41) is 13.9. The number of hydrogen-bond donors (Lipinski definition) is 1. The highest BCUT2D eigenvalue weighted by Crippen LogP contribution is 2.36. The second-order valence-corrected chi connectivity index (χ2v) is 6.54. The van der Waals surface area contributed by atoms with Crippen LogP contribution in [0.5, 0.6) is 5.75 Å². The second kappa shape index (κ2) is 6.40. The Morgan fingerprint density at radius 3 is 2.48 bits per heavy atom. The first-order valence-electron chi connectivity index (χ1n) is 7.77. The van der Waals surface area contributed by atoms with Crippen LogP contribution in [0, 0.1) is 0 Å².